The number of benzene rings is 1. The van der Waals surface area contributed by atoms with Crippen molar-refractivity contribution in [2.45, 2.75) is 13.0 Å². The third-order valence-corrected chi connectivity index (χ3v) is 3.89. The van der Waals surface area contributed by atoms with Crippen molar-refractivity contribution in [1.29, 1.82) is 0 Å². The molecule has 1 aromatic heterocycles. The lowest BCUT2D eigenvalue weighted by atomic mass is 10.1. The molecule has 0 saturated heterocycles. The minimum Gasteiger partial charge on any atom is -0.356 e. The van der Waals surface area contributed by atoms with E-state index in [2.05, 4.69) is 57.3 Å². The van der Waals surface area contributed by atoms with Crippen LogP contribution in [0, 0.1) is 0 Å². The summed E-state index contributed by atoms with van der Waals surface area (Å²) < 4.78 is 2.12. The van der Waals surface area contributed by atoms with Crippen molar-refractivity contribution in [3.05, 3.63) is 58.9 Å². The zero-order valence-electron chi connectivity index (χ0n) is 13.4. The van der Waals surface area contributed by atoms with Crippen LogP contribution in [-0.4, -0.2) is 36.1 Å². The number of aryl methyl sites for hydroxylation is 1. The molecule has 1 N–H and O–H groups in total. The van der Waals surface area contributed by atoms with Crippen LogP contribution < -0.4 is 5.32 Å². The molecule has 118 valence electrons. The molecular formula is C17H23ClN4. The van der Waals surface area contributed by atoms with Crippen LogP contribution in [0.3, 0.4) is 0 Å². The summed E-state index contributed by atoms with van der Waals surface area (Å²) in [5, 5.41) is 4.17. The Kier molecular flexibility index (Phi) is 5.90. The second-order valence-electron chi connectivity index (χ2n) is 5.32. The lowest BCUT2D eigenvalue weighted by Gasteiger charge is -2.22. The van der Waals surface area contributed by atoms with Crippen molar-refractivity contribution in [3.8, 4) is 0 Å². The van der Waals surface area contributed by atoms with E-state index in [1.54, 1.807) is 0 Å². The van der Waals surface area contributed by atoms with Gasteiger partial charge in [0, 0.05) is 44.6 Å². The first-order valence-corrected chi connectivity index (χ1v) is 7.74. The Morgan fingerprint density at radius 2 is 2.00 bits per heavy atom. The Balaban J connectivity index is 1.84. The average molecular weight is 319 g/mol. The van der Waals surface area contributed by atoms with Crippen LogP contribution in [0.4, 0.5) is 0 Å². The maximum atomic E-state index is 5.90. The van der Waals surface area contributed by atoms with Gasteiger partial charge < -0.3 is 14.8 Å². The number of hydrogen-bond acceptors (Lipinski definition) is 1. The number of guanidine groups is 1. The standard InChI is InChI=1S/C17H23ClN4/c1-19-17(22(3)13-16-5-4-12-21(16)2)20-11-10-14-6-8-15(18)9-7-14/h4-9,12H,10-11,13H2,1-3H3,(H,19,20). The third kappa shape index (κ3) is 4.53. The molecule has 22 heavy (non-hydrogen) atoms. The van der Waals surface area contributed by atoms with E-state index in [0.717, 1.165) is 30.5 Å². The Morgan fingerprint density at radius 1 is 1.27 bits per heavy atom. The monoisotopic (exact) mass is 318 g/mol. The number of aliphatic imine (C=N–C) groups is 1. The number of rotatable bonds is 5. The minimum atomic E-state index is 0.773. The van der Waals surface area contributed by atoms with Crippen LogP contribution in [0.1, 0.15) is 11.3 Å². The van der Waals surface area contributed by atoms with E-state index in [-0.39, 0.29) is 0 Å². The zero-order chi connectivity index (χ0) is 15.9. The molecule has 1 heterocycles. The summed E-state index contributed by atoms with van der Waals surface area (Å²) >= 11 is 5.90. The van der Waals surface area contributed by atoms with E-state index in [9.17, 15) is 0 Å². The molecule has 0 fully saturated rings. The number of nitrogens with one attached hydrogen (secondary N) is 1. The van der Waals surface area contributed by atoms with Crippen LogP contribution >= 0.6 is 11.6 Å². The number of aromatic nitrogens is 1. The fraction of sp³-hybridized carbons (Fsp3) is 0.353. The van der Waals surface area contributed by atoms with Gasteiger partial charge in [-0.2, -0.15) is 0 Å². The first-order valence-electron chi connectivity index (χ1n) is 7.36. The Morgan fingerprint density at radius 3 is 2.59 bits per heavy atom. The van der Waals surface area contributed by atoms with Gasteiger partial charge in [0.25, 0.3) is 0 Å². The predicted molar refractivity (Wildman–Crippen MR) is 93.4 cm³/mol. The van der Waals surface area contributed by atoms with E-state index >= 15 is 0 Å². The molecule has 0 bridgehead atoms. The second kappa shape index (κ2) is 7.90. The van der Waals surface area contributed by atoms with Gasteiger partial charge in [-0.1, -0.05) is 23.7 Å². The Hall–Kier alpha value is -1.94. The first kappa shape index (κ1) is 16.4. The van der Waals surface area contributed by atoms with Crippen molar-refractivity contribution >= 4 is 17.6 Å². The molecule has 4 nitrogen and oxygen atoms in total. The zero-order valence-corrected chi connectivity index (χ0v) is 14.1. The smallest absolute Gasteiger partial charge is 0.193 e. The molecule has 0 radical (unpaired) electrons. The summed E-state index contributed by atoms with van der Waals surface area (Å²) in [6.45, 7) is 1.66. The third-order valence-electron chi connectivity index (χ3n) is 3.63. The highest BCUT2D eigenvalue weighted by Crippen LogP contribution is 2.09. The van der Waals surface area contributed by atoms with Gasteiger partial charge in [0.1, 0.15) is 0 Å². The van der Waals surface area contributed by atoms with Crippen LogP contribution in [0.15, 0.2) is 47.6 Å². The summed E-state index contributed by atoms with van der Waals surface area (Å²) in [4.78, 5) is 6.47. The maximum Gasteiger partial charge on any atom is 0.193 e. The molecular weight excluding hydrogens is 296 g/mol. The molecule has 0 aliphatic heterocycles. The van der Waals surface area contributed by atoms with Crippen molar-refractivity contribution in [2.24, 2.45) is 12.0 Å². The van der Waals surface area contributed by atoms with E-state index in [4.69, 9.17) is 11.6 Å². The fourth-order valence-electron chi connectivity index (χ4n) is 2.33. The second-order valence-corrected chi connectivity index (χ2v) is 5.75. The van der Waals surface area contributed by atoms with E-state index < -0.39 is 0 Å². The molecule has 0 saturated carbocycles. The fourth-order valence-corrected chi connectivity index (χ4v) is 2.46. The van der Waals surface area contributed by atoms with Gasteiger partial charge in [0.2, 0.25) is 0 Å². The normalized spacial score (nSPS) is 11.5. The van der Waals surface area contributed by atoms with Crippen LogP contribution in [0.5, 0.6) is 0 Å². The summed E-state index contributed by atoms with van der Waals surface area (Å²) in [5.41, 5.74) is 2.51. The van der Waals surface area contributed by atoms with E-state index in [1.165, 1.54) is 11.3 Å². The topological polar surface area (TPSA) is 32.6 Å². The first-order chi connectivity index (χ1) is 10.6. The molecule has 5 heteroatoms. The Bertz CT molecular complexity index is 616. The summed E-state index contributed by atoms with van der Waals surface area (Å²) in [7, 11) is 5.91. The SMILES string of the molecule is CN=C(NCCc1ccc(Cl)cc1)N(C)Cc1cccn1C. The van der Waals surface area contributed by atoms with Gasteiger partial charge >= 0.3 is 0 Å². The molecule has 0 atom stereocenters. The van der Waals surface area contributed by atoms with Crippen molar-refractivity contribution < 1.29 is 0 Å². The number of hydrogen-bond donors (Lipinski definition) is 1. The lowest BCUT2D eigenvalue weighted by molar-refractivity contribution is 0.462. The molecule has 2 rings (SSSR count). The van der Waals surface area contributed by atoms with Gasteiger partial charge in [0.15, 0.2) is 5.96 Å². The molecule has 2 aromatic rings. The van der Waals surface area contributed by atoms with Gasteiger partial charge in [-0.3, -0.25) is 4.99 Å². The number of halogens is 1. The van der Waals surface area contributed by atoms with Gasteiger partial charge in [-0.25, -0.2) is 0 Å². The maximum absolute atomic E-state index is 5.90. The van der Waals surface area contributed by atoms with E-state index in [1.807, 2.05) is 26.2 Å². The average Bonchev–Trinajstić information content (AvgIpc) is 2.90. The highest BCUT2D eigenvalue weighted by atomic mass is 35.5. The Labute approximate surface area is 137 Å². The predicted octanol–water partition coefficient (Wildman–Crippen LogP) is 2.93. The van der Waals surface area contributed by atoms with Crippen molar-refractivity contribution in [3.63, 3.8) is 0 Å². The van der Waals surface area contributed by atoms with Gasteiger partial charge in [-0.15, -0.1) is 0 Å². The van der Waals surface area contributed by atoms with Crippen molar-refractivity contribution in [2.75, 3.05) is 20.6 Å². The lowest BCUT2D eigenvalue weighted by Crippen LogP contribution is -2.39. The minimum absolute atomic E-state index is 0.773. The number of nitrogens with zero attached hydrogens (tertiary/aromatic N) is 3. The van der Waals surface area contributed by atoms with Crippen LogP contribution in [0.25, 0.3) is 0 Å². The van der Waals surface area contributed by atoms with Crippen LogP contribution in [-0.2, 0) is 20.0 Å². The highest BCUT2D eigenvalue weighted by Gasteiger charge is 2.07. The molecule has 0 aliphatic rings. The largest absolute Gasteiger partial charge is 0.356 e. The van der Waals surface area contributed by atoms with Crippen LogP contribution in [0.2, 0.25) is 5.02 Å². The molecule has 0 spiro atoms. The van der Waals surface area contributed by atoms with Gasteiger partial charge in [0.05, 0.1) is 6.54 Å². The summed E-state index contributed by atoms with van der Waals surface area (Å²) in [5.74, 6) is 0.898. The van der Waals surface area contributed by atoms with Gasteiger partial charge in [-0.05, 0) is 36.2 Å². The molecule has 1 aromatic carbocycles. The van der Waals surface area contributed by atoms with E-state index in [0.29, 0.717) is 0 Å². The quantitative estimate of drug-likeness (QED) is 0.679. The molecule has 0 amide bonds. The summed E-state index contributed by atoms with van der Waals surface area (Å²) in [6, 6.07) is 12.1. The van der Waals surface area contributed by atoms with Crippen molar-refractivity contribution in [1.82, 2.24) is 14.8 Å². The summed E-state index contributed by atoms with van der Waals surface area (Å²) in [6.07, 6.45) is 2.99. The highest BCUT2D eigenvalue weighted by molar-refractivity contribution is 6.30. The molecule has 0 unspecified atom stereocenters. The molecule has 0 aliphatic carbocycles.